The second-order valence-corrected chi connectivity index (χ2v) is 12.0. The summed E-state index contributed by atoms with van der Waals surface area (Å²) in [4.78, 5) is 14.0. The number of aliphatic hydroxyl groups excluding tert-OH is 2. The van der Waals surface area contributed by atoms with Gasteiger partial charge in [0.25, 0.3) is 0 Å². The molecule has 0 aromatic heterocycles. The normalized spacial score (nSPS) is 19.1. The van der Waals surface area contributed by atoms with Gasteiger partial charge in [0.2, 0.25) is 0 Å². The first kappa shape index (κ1) is 34.0. The van der Waals surface area contributed by atoms with E-state index in [1.165, 1.54) is 6.08 Å². The second kappa shape index (κ2) is 16.5. The van der Waals surface area contributed by atoms with E-state index < -0.39 is 18.5 Å². The summed E-state index contributed by atoms with van der Waals surface area (Å²) in [6, 6.07) is 33.5. The number of hydrogen-bond acceptors (Lipinski definition) is 7. The average Bonchev–Trinajstić information content (AvgIpc) is 3.12. The van der Waals surface area contributed by atoms with Crippen LogP contribution in [0.3, 0.4) is 0 Å². The van der Waals surface area contributed by atoms with Crippen molar-refractivity contribution in [3.63, 3.8) is 0 Å². The first-order valence-corrected chi connectivity index (χ1v) is 16.0. The molecular weight excluding hydrogens is 592 g/mol. The van der Waals surface area contributed by atoms with Gasteiger partial charge in [-0.1, -0.05) is 104 Å². The summed E-state index contributed by atoms with van der Waals surface area (Å²) in [5.74, 6) is 0. The lowest BCUT2D eigenvalue weighted by atomic mass is 9.97. The Morgan fingerprint density at radius 1 is 0.957 bits per heavy atom. The van der Waals surface area contributed by atoms with E-state index in [9.17, 15) is 15.0 Å². The van der Waals surface area contributed by atoms with Gasteiger partial charge in [-0.05, 0) is 59.5 Å². The average molecular weight is 637 g/mol. The number of nitrogens with zero attached hydrogens (tertiary/aromatic N) is 1. The number of hydrogen-bond donors (Lipinski definition) is 3. The van der Waals surface area contributed by atoms with Crippen LogP contribution in [0.15, 0.2) is 116 Å². The molecule has 5 rings (SSSR count). The molecule has 0 saturated carbocycles. The minimum Gasteiger partial charge on any atom is -0.445 e. The number of ether oxygens (including phenoxy) is 3. The number of carbonyl (C=O) groups excluding carboxylic acids is 1. The summed E-state index contributed by atoms with van der Waals surface area (Å²) >= 11 is 0. The highest BCUT2D eigenvalue weighted by Gasteiger charge is 2.34. The topological polar surface area (TPSA) is 100 Å². The Morgan fingerprint density at radius 2 is 1.68 bits per heavy atom. The molecule has 8 nitrogen and oxygen atoms in total. The maximum atomic E-state index is 11.9. The smallest absolute Gasteiger partial charge is 0.407 e. The lowest BCUT2D eigenvalue weighted by Crippen LogP contribution is -2.43. The summed E-state index contributed by atoms with van der Waals surface area (Å²) in [5, 5.41) is 23.4. The molecule has 0 spiro atoms. The molecule has 0 bridgehead atoms. The summed E-state index contributed by atoms with van der Waals surface area (Å²) in [5.41, 5.74) is 6.56. The van der Waals surface area contributed by atoms with Crippen molar-refractivity contribution in [1.82, 2.24) is 10.2 Å². The van der Waals surface area contributed by atoms with Crippen molar-refractivity contribution in [2.45, 2.75) is 57.1 Å². The number of likely N-dealkylation sites (N-methyl/N-ethyl adjacent to an activating group) is 1. The molecule has 4 aromatic rings. The number of rotatable bonds is 13. The number of alkyl carbamates (subject to hydrolysis) is 1. The zero-order valence-electron chi connectivity index (χ0n) is 27.0. The number of carbonyl (C=O) groups is 1. The minimum absolute atomic E-state index is 0.0178. The Labute approximate surface area is 277 Å². The molecule has 246 valence electrons. The van der Waals surface area contributed by atoms with Gasteiger partial charge in [-0.2, -0.15) is 0 Å². The Balaban J connectivity index is 1.35. The zero-order chi connectivity index (χ0) is 33.2. The van der Waals surface area contributed by atoms with Crippen LogP contribution < -0.4 is 5.32 Å². The van der Waals surface area contributed by atoms with Gasteiger partial charge in [-0.15, -0.1) is 0 Å². The second-order valence-electron chi connectivity index (χ2n) is 12.0. The van der Waals surface area contributed by atoms with Crippen molar-refractivity contribution in [3.05, 3.63) is 144 Å². The van der Waals surface area contributed by atoms with E-state index in [-0.39, 0.29) is 31.5 Å². The molecule has 47 heavy (non-hydrogen) atoms. The summed E-state index contributed by atoms with van der Waals surface area (Å²) in [6.07, 6.45) is 0.00609. The fraction of sp³-hybridized carbons (Fsp3) is 0.308. The number of nitrogens with one attached hydrogen (secondary N) is 1. The molecule has 0 radical (unpaired) electrons. The van der Waals surface area contributed by atoms with Crippen LogP contribution in [0.25, 0.3) is 11.1 Å². The lowest BCUT2D eigenvalue weighted by Gasteiger charge is -2.39. The molecule has 1 heterocycles. The predicted molar refractivity (Wildman–Crippen MR) is 182 cm³/mol. The Bertz CT molecular complexity index is 1590. The van der Waals surface area contributed by atoms with E-state index in [4.69, 9.17) is 14.2 Å². The molecule has 1 fully saturated rings. The van der Waals surface area contributed by atoms with E-state index in [0.717, 1.165) is 38.9 Å². The van der Waals surface area contributed by atoms with Gasteiger partial charge < -0.3 is 29.7 Å². The molecular formula is C39H44N2O6. The molecule has 3 N–H and O–H groups in total. The molecule has 1 aliphatic heterocycles. The molecule has 4 aromatic carbocycles. The fourth-order valence-corrected chi connectivity index (χ4v) is 5.78. The van der Waals surface area contributed by atoms with Crippen LogP contribution in [0.5, 0.6) is 0 Å². The van der Waals surface area contributed by atoms with Crippen LogP contribution in [-0.4, -0.2) is 53.6 Å². The highest BCUT2D eigenvalue weighted by atomic mass is 16.7. The summed E-state index contributed by atoms with van der Waals surface area (Å²) in [6.45, 7) is 6.66. The van der Waals surface area contributed by atoms with Crippen molar-refractivity contribution in [3.8, 4) is 11.1 Å². The van der Waals surface area contributed by atoms with E-state index >= 15 is 0 Å². The highest BCUT2D eigenvalue weighted by molar-refractivity contribution is 5.68. The maximum Gasteiger partial charge on any atom is 0.407 e. The third kappa shape index (κ3) is 9.16. The van der Waals surface area contributed by atoms with E-state index in [1.807, 2.05) is 111 Å². The Morgan fingerprint density at radius 3 is 2.40 bits per heavy atom. The van der Waals surface area contributed by atoms with E-state index in [0.29, 0.717) is 19.5 Å². The largest absolute Gasteiger partial charge is 0.445 e. The first-order valence-electron chi connectivity index (χ1n) is 16.0. The van der Waals surface area contributed by atoms with Gasteiger partial charge in [0.1, 0.15) is 6.61 Å². The van der Waals surface area contributed by atoms with Crippen molar-refractivity contribution in [2.24, 2.45) is 0 Å². The van der Waals surface area contributed by atoms with Gasteiger partial charge in [0, 0.05) is 31.1 Å². The van der Waals surface area contributed by atoms with E-state index in [1.54, 1.807) is 0 Å². The number of amides is 1. The van der Waals surface area contributed by atoms with Crippen LogP contribution >= 0.6 is 0 Å². The van der Waals surface area contributed by atoms with Crippen LogP contribution in [0.2, 0.25) is 0 Å². The number of aliphatic hydroxyl groups is 2. The molecule has 1 aliphatic rings. The summed E-state index contributed by atoms with van der Waals surface area (Å²) < 4.78 is 18.3. The van der Waals surface area contributed by atoms with Crippen molar-refractivity contribution in [2.75, 3.05) is 20.2 Å². The van der Waals surface area contributed by atoms with Crippen molar-refractivity contribution >= 4 is 6.09 Å². The first-order chi connectivity index (χ1) is 22.8. The van der Waals surface area contributed by atoms with E-state index in [2.05, 4.69) is 22.9 Å². The Hall–Kier alpha value is -4.31. The summed E-state index contributed by atoms with van der Waals surface area (Å²) in [7, 11) is 2.01. The molecule has 1 amide bonds. The third-order valence-corrected chi connectivity index (χ3v) is 8.59. The molecule has 0 aliphatic carbocycles. The van der Waals surface area contributed by atoms with Crippen LogP contribution in [0.4, 0.5) is 4.79 Å². The molecule has 1 saturated heterocycles. The van der Waals surface area contributed by atoms with Crippen LogP contribution in [-0.2, 0) is 27.4 Å². The van der Waals surface area contributed by atoms with Gasteiger partial charge in [0.15, 0.2) is 6.29 Å². The minimum atomic E-state index is -0.640. The highest BCUT2D eigenvalue weighted by Crippen LogP contribution is 2.39. The number of benzene rings is 4. The SMILES string of the molecule is C=CCOC(=O)NCc1cccc(-c2cccc([C@H]3O[C@@H](CN(C)[C@@H](C)[C@H](O)c4ccccc4)C[C@@H](c4ccc(CO)cc4)O3)c2)c1. The molecule has 8 heteroatoms. The van der Waals surface area contributed by atoms with Crippen molar-refractivity contribution in [1.29, 1.82) is 0 Å². The quantitative estimate of drug-likeness (QED) is 0.138. The van der Waals surface area contributed by atoms with Crippen LogP contribution in [0.1, 0.15) is 59.7 Å². The van der Waals surface area contributed by atoms with Gasteiger partial charge in [0.05, 0.1) is 24.9 Å². The molecule has 0 unspecified atom stereocenters. The molecule has 5 atom stereocenters. The van der Waals surface area contributed by atoms with Crippen LogP contribution in [0, 0.1) is 0 Å². The maximum absolute atomic E-state index is 11.9. The predicted octanol–water partition coefficient (Wildman–Crippen LogP) is 6.86. The zero-order valence-corrected chi connectivity index (χ0v) is 27.0. The lowest BCUT2D eigenvalue weighted by molar-refractivity contribution is -0.253. The fourth-order valence-electron chi connectivity index (χ4n) is 5.78. The third-order valence-electron chi connectivity index (χ3n) is 8.59. The van der Waals surface area contributed by atoms with Gasteiger partial charge in [-0.3, -0.25) is 4.90 Å². The standard InChI is InChI=1S/C39H44N2O6/c1-4-20-45-39(44)40-24-29-10-8-13-32(21-29)33-14-9-15-34(22-33)38-46-35(23-36(47-38)30-18-16-28(26-42)17-19-30)25-41(3)27(2)37(43)31-11-6-5-7-12-31/h4-19,21-22,27,35-38,42-43H,1,20,23-26H2,2-3H3,(H,40,44)/t27-,35+,36-,37-,38-/m0/s1. The monoisotopic (exact) mass is 636 g/mol. The van der Waals surface area contributed by atoms with Crippen molar-refractivity contribution < 1.29 is 29.2 Å². The van der Waals surface area contributed by atoms with Gasteiger partial charge in [-0.25, -0.2) is 4.79 Å². The van der Waals surface area contributed by atoms with Gasteiger partial charge >= 0.3 is 6.09 Å². The Kier molecular flexibility index (Phi) is 11.9.